The van der Waals surface area contributed by atoms with Gasteiger partial charge in [0.05, 0.1) is 10.7 Å². The summed E-state index contributed by atoms with van der Waals surface area (Å²) in [6.07, 6.45) is 0. The first kappa shape index (κ1) is 15.5. The van der Waals surface area contributed by atoms with Crippen molar-refractivity contribution < 1.29 is 4.79 Å². The number of nitrogens with one attached hydrogen (secondary N) is 2. The third kappa shape index (κ3) is 4.57. The van der Waals surface area contributed by atoms with Crippen LogP contribution in [-0.4, -0.2) is 6.03 Å². The van der Waals surface area contributed by atoms with E-state index in [0.717, 1.165) is 16.7 Å². The maximum Gasteiger partial charge on any atom is 0.323 e. The van der Waals surface area contributed by atoms with E-state index in [2.05, 4.69) is 10.6 Å². The molecule has 0 aromatic heterocycles. The van der Waals surface area contributed by atoms with Gasteiger partial charge in [-0.25, -0.2) is 4.79 Å². The zero-order chi connectivity index (χ0) is 15.2. The van der Waals surface area contributed by atoms with Crippen LogP contribution in [0.2, 0.25) is 10.0 Å². The van der Waals surface area contributed by atoms with Crippen LogP contribution in [0.25, 0.3) is 0 Å². The molecule has 0 aliphatic heterocycles. The average Bonchev–Trinajstić information content (AvgIpc) is 2.45. The molecule has 4 nitrogen and oxygen atoms in total. The second-order valence-corrected chi connectivity index (χ2v) is 5.62. The van der Waals surface area contributed by atoms with Crippen molar-refractivity contribution in [1.82, 2.24) is 0 Å². The van der Waals surface area contributed by atoms with Crippen molar-refractivity contribution in [3.8, 4) is 5.40 Å². The minimum atomic E-state index is -0.431. The molecule has 0 heterocycles. The number of hydrogen-bond acceptors (Lipinski definition) is 3. The number of rotatable bonds is 3. The predicted molar refractivity (Wildman–Crippen MR) is 87.0 cm³/mol. The Morgan fingerprint density at radius 2 is 1.81 bits per heavy atom. The van der Waals surface area contributed by atoms with Gasteiger partial charge in [0.25, 0.3) is 0 Å². The summed E-state index contributed by atoms with van der Waals surface area (Å²) in [5, 5.41) is 16.7. The summed E-state index contributed by atoms with van der Waals surface area (Å²) in [6, 6.07) is 11.3. The Morgan fingerprint density at radius 1 is 1.10 bits per heavy atom. The summed E-state index contributed by atoms with van der Waals surface area (Å²) in [7, 11) is 0. The van der Waals surface area contributed by atoms with Gasteiger partial charge in [-0.05, 0) is 54.2 Å². The van der Waals surface area contributed by atoms with E-state index in [1.54, 1.807) is 42.5 Å². The first-order valence-electron chi connectivity index (χ1n) is 5.77. The molecule has 106 valence electrons. The molecular weight excluding hydrogens is 329 g/mol. The molecule has 0 aliphatic carbocycles. The normalized spacial score (nSPS) is 9.76. The Balaban J connectivity index is 2.01. The minimum absolute atomic E-state index is 0.398. The van der Waals surface area contributed by atoms with Crippen molar-refractivity contribution in [2.45, 2.75) is 4.90 Å². The molecule has 0 fully saturated rings. The van der Waals surface area contributed by atoms with Crippen LogP contribution >= 0.6 is 35.0 Å². The van der Waals surface area contributed by atoms with Crippen LogP contribution in [0.4, 0.5) is 16.2 Å². The van der Waals surface area contributed by atoms with Gasteiger partial charge in [-0.3, -0.25) is 0 Å². The lowest BCUT2D eigenvalue weighted by Crippen LogP contribution is -2.19. The summed E-state index contributed by atoms with van der Waals surface area (Å²) >= 11 is 12.9. The molecule has 2 N–H and O–H groups in total. The van der Waals surface area contributed by atoms with Crippen molar-refractivity contribution in [3.05, 3.63) is 52.5 Å². The van der Waals surface area contributed by atoms with E-state index in [9.17, 15) is 4.79 Å². The monoisotopic (exact) mass is 337 g/mol. The first-order valence-corrected chi connectivity index (χ1v) is 7.35. The standard InChI is InChI=1S/C14H9Cl2N3OS/c15-9-1-6-12(16)13(7-9)19-14(20)18-10-2-4-11(5-3-10)21-8-17/h1-7H,(H2,18,19,20). The molecule has 0 atom stereocenters. The molecule has 2 aromatic rings. The highest BCUT2D eigenvalue weighted by Crippen LogP contribution is 2.25. The van der Waals surface area contributed by atoms with Crippen LogP contribution < -0.4 is 10.6 Å². The minimum Gasteiger partial charge on any atom is -0.308 e. The van der Waals surface area contributed by atoms with Crippen molar-refractivity contribution >= 4 is 52.4 Å². The quantitative estimate of drug-likeness (QED) is 0.596. The third-order valence-electron chi connectivity index (χ3n) is 2.45. The third-order valence-corrected chi connectivity index (χ3v) is 3.62. The number of carbonyl (C=O) groups is 1. The highest BCUT2D eigenvalue weighted by molar-refractivity contribution is 8.03. The molecule has 0 aliphatic rings. The van der Waals surface area contributed by atoms with Crippen LogP contribution in [-0.2, 0) is 0 Å². The summed E-state index contributed by atoms with van der Waals surface area (Å²) < 4.78 is 0. The molecule has 2 rings (SSSR count). The van der Waals surface area contributed by atoms with Crippen LogP contribution in [0.3, 0.4) is 0 Å². The van der Waals surface area contributed by atoms with Gasteiger partial charge in [-0.1, -0.05) is 23.2 Å². The maximum absolute atomic E-state index is 11.9. The number of benzene rings is 2. The van der Waals surface area contributed by atoms with Crippen molar-refractivity contribution in [2.24, 2.45) is 0 Å². The van der Waals surface area contributed by atoms with E-state index in [1.807, 2.05) is 5.40 Å². The molecule has 21 heavy (non-hydrogen) atoms. The van der Waals surface area contributed by atoms with Gasteiger partial charge >= 0.3 is 6.03 Å². The van der Waals surface area contributed by atoms with Crippen LogP contribution in [0.1, 0.15) is 0 Å². The van der Waals surface area contributed by atoms with Crippen molar-refractivity contribution in [1.29, 1.82) is 5.26 Å². The molecule has 2 aromatic carbocycles. The number of thioether (sulfide) groups is 1. The number of thiocyanates is 1. The van der Waals surface area contributed by atoms with E-state index in [-0.39, 0.29) is 0 Å². The van der Waals surface area contributed by atoms with Crippen LogP contribution in [0.5, 0.6) is 0 Å². The number of amides is 2. The summed E-state index contributed by atoms with van der Waals surface area (Å²) in [5.74, 6) is 0. The molecular formula is C14H9Cl2N3OS. The molecule has 0 bridgehead atoms. The van der Waals surface area contributed by atoms with Gasteiger partial charge in [0.15, 0.2) is 0 Å². The zero-order valence-corrected chi connectivity index (χ0v) is 12.9. The van der Waals surface area contributed by atoms with Crippen molar-refractivity contribution in [3.63, 3.8) is 0 Å². The molecule has 2 amide bonds. The Labute approximate surface area is 136 Å². The van der Waals surface area contributed by atoms with Crippen LogP contribution in [0, 0.1) is 10.7 Å². The van der Waals surface area contributed by atoms with Crippen molar-refractivity contribution in [2.75, 3.05) is 10.6 Å². The molecule has 0 spiro atoms. The number of urea groups is 1. The maximum atomic E-state index is 11.9. The van der Waals surface area contributed by atoms with E-state index in [0.29, 0.717) is 21.4 Å². The topological polar surface area (TPSA) is 64.9 Å². The second kappa shape index (κ2) is 7.23. The number of carbonyl (C=O) groups excluding carboxylic acids is 1. The predicted octanol–water partition coefficient (Wildman–Crippen LogP) is 5.21. The smallest absolute Gasteiger partial charge is 0.308 e. The highest BCUT2D eigenvalue weighted by Gasteiger charge is 2.07. The van der Waals surface area contributed by atoms with Gasteiger partial charge < -0.3 is 10.6 Å². The lowest BCUT2D eigenvalue weighted by molar-refractivity contribution is 0.262. The number of halogens is 2. The van der Waals surface area contributed by atoms with Gasteiger partial charge in [0, 0.05) is 15.6 Å². The lowest BCUT2D eigenvalue weighted by Gasteiger charge is -2.09. The van der Waals surface area contributed by atoms with E-state index >= 15 is 0 Å². The van der Waals surface area contributed by atoms with Crippen LogP contribution in [0.15, 0.2) is 47.4 Å². The number of anilines is 2. The van der Waals surface area contributed by atoms with Gasteiger partial charge in [-0.15, -0.1) is 0 Å². The molecule has 0 saturated carbocycles. The van der Waals surface area contributed by atoms with E-state index in [1.165, 1.54) is 0 Å². The Bertz CT molecular complexity index is 698. The lowest BCUT2D eigenvalue weighted by atomic mass is 10.3. The fourth-order valence-electron chi connectivity index (χ4n) is 1.54. The zero-order valence-electron chi connectivity index (χ0n) is 10.6. The van der Waals surface area contributed by atoms with Gasteiger partial charge in [-0.2, -0.15) is 5.26 Å². The summed E-state index contributed by atoms with van der Waals surface area (Å²) in [5.41, 5.74) is 1.03. The molecule has 0 radical (unpaired) electrons. The van der Waals surface area contributed by atoms with E-state index in [4.69, 9.17) is 28.5 Å². The molecule has 0 saturated heterocycles. The largest absolute Gasteiger partial charge is 0.323 e. The Kier molecular flexibility index (Phi) is 5.34. The fraction of sp³-hybridized carbons (Fsp3) is 0. The van der Waals surface area contributed by atoms with Gasteiger partial charge in [0.2, 0.25) is 0 Å². The molecule has 0 unspecified atom stereocenters. The highest BCUT2D eigenvalue weighted by atomic mass is 35.5. The Morgan fingerprint density at radius 3 is 2.48 bits per heavy atom. The average molecular weight is 338 g/mol. The SMILES string of the molecule is N#CSc1ccc(NC(=O)Nc2cc(Cl)ccc2Cl)cc1. The second-order valence-electron chi connectivity index (χ2n) is 3.92. The number of nitrogens with zero attached hydrogens (tertiary/aromatic N) is 1. The fourth-order valence-corrected chi connectivity index (χ4v) is 2.25. The first-order chi connectivity index (χ1) is 10.1. The summed E-state index contributed by atoms with van der Waals surface area (Å²) in [6.45, 7) is 0. The number of hydrogen-bond donors (Lipinski definition) is 2. The number of nitriles is 1. The molecule has 7 heteroatoms. The Hall–Kier alpha value is -1.87. The van der Waals surface area contributed by atoms with E-state index < -0.39 is 6.03 Å². The van der Waals surface area contributed by atoms with Gasteiger partial charge in [0.1, 0.15) is 5.40 Å². The summed E-state index contributed by atoms with van der Waals surface area (Å²) in [4.78, 5) is 12.7.